The van der Waals surface area contributed by atoms with E-state index in [9.17, 15) is 0 Å². The maximum absolute atomic E-state index is 4.74. The Labute approximate surface area is 160 Å². The summed E-state index contributed by atoms with van der Waals surface area (Å²) in [7, 11) is 2.02. The number of rotatable bonds is 4. The number of aryl methyl sites for hydroxylation is 1. The van der Waals surface area contributed by atoms with E-state index in [0.717, 1.165) is 22.4 Å². The van der Waals surface area contributed by atoms with Crippen LogP contribution in [0.3, 0.4) is 0 Å². The molecule has 4 aromatic rings. The number of fused-ring (bicyclic) bond motifs is 1. The first-order chi connectivity index (χ1) is 13.0. The van der Waals surface area contributed by atoms with Crippen molar-refractivity contribution in [2.75, 3.05) is 0 Å². The van der Waals surface area contributed by atoms with Crippen LogP contribution in [0.25, 0.3) is 28.1 Å². The van der Waals surface area contributed by atoms with E-state index in [1.54, 1.807) is 0 Å². The predicted molar refractivity (Wildman–Crippen MR) is 111 cm³/mol. The highest BCUT2D eigenvalue weighted by Crippen LogP contribution is 2.35. The van der Waals surface area contributed by atoms with Crippen molar-refractivity contribution in [1.29, 1.82) is 0 Å². The molecule has 4 rings (SSSR count). The average Bonchev–Trinajstić information content (AvgIpc) is 3.28. The molecule has 0 atom stereocenters. The summed E-state index contributed by atoms with van der Waals surface area (Å²) in [5.74, 6) is 1.80. The Morgan fingerprint density at radius 3 is 2.19 bits per heavy atom. The second-order valence-corrected chi connectivity index (χ2v) is 7.74. The van der Waals surface area contributed by atoms with Crippen molar-refractivity contribution >= 4 is 11.0 Å². The van der Waals surface area contributed by atoms with E-state index in [-0.39, 0.29) is 0 Å². The van der Waals surface area contributed by atoms with E-state index in [2.05, 4.69) is 79.8 Å². The fourth-order valence-electron chi connectivity index (χ4n) is 3.81. The molecule has 0 saturated heterocycles. The Morgan fingerprint density at radius 1 is 0.852 bits per heavy atom. The number of benzene rings is 2. The molecule has 0 fully saturated rings. The minimum atomic E-state index is 0.430. The van der Waals surface area contributed by atoms with E-state index in [1.807, 2.05) is 24.1 Å². The molecule has 0 spiro atoms. The highest BCUT2D eigenvalue weighted by molar-refractivity contribution is 5.90. The van der Waals surface area contributed by atoms with Crippen LogP contribution in [0.5, 0.6) is 0 Å². The summed E-state index contributed by atoms with van der Waals surface area (Å²) in [6, 6.07) is 12.9. The Bertz CT molecular complexity index is 1070. The molecule has 0 aliphatic heterocycles. The zero-order chi connectivity index (χ0) is 19.1. The second kappa shape index (κ2) is 6.69. The van der Waals surface area contributed by atoms with Crippen molar-refractivity contribution in [2.24, 2.45) is 7.05 Å². The van der Waals surface area contributed by atoms with E-state index < -0.39 is 0 Å². The normalized spacial score (nSPS) is 11.8. The van der Waals surface area contributed by atoms with Crippen LogP contribution in [0.15, 0.2) is 55.1 Å². The topological polar surface area (TPSA) is 35.6 Å². The molecular weight excluding hydrogens is 332 g/mol. The monoisotopic (exact) mass is 358 g/mol. The fraction of sp³-hybridized carbons (Fsp3) is 0.304. The lowest BCUT2D eigenvalue weighted by atomic mass is 9.92. The highest BCUT2D eigenvalue weighted by Gasteiger charge is 2.20. The summed E-state index contributed by atoms with van der Waals surface area (Å²) in [4.78, 5) is 9.37. The third kappa shape index (κ3) is 2.85. The van der Waals surface area contributed by atoms with Gasteiger partial charge in [0.05, 0.1) is 23.0 Å². The van der Waals surface area contributed by atoms with Crippen LogP contribution in [0.1, 0.15) is 50.7 Å². The van der Waals surface area contributed by atoms with E-state index in [0.29, 0.717) is 11.8 Å². The van der Waals surface area contributed by atoms with Crippen LogP contribution in [-0.2, 0) is 7.05 Å². The summed E-state index contributed by atoms with van der Waals surface area (Å²) < 4.78 is 4.29. The van der Waals surface area contributed by atoms with Crippen molar-refractivity contribution in [3.63, 3.8) is 0 Å². The van der Waals surface area contributed by atoms with Crippen molar-refractivity contribution in [3.05, 3.63) is 66.2 Å². The number of hydrogen-bond donors (Lipinski definition) is 0. The van der Waals surface area contributed by atoms with Crippen LogP contribution in [0, 0.1) is 0 Å². The minimum absolute atomic E-state index is 0.430. The van der Waals surface area contributed by atoms with Gasteiger partial charge in [0, 0.05) is 25.0 Å². The van der Waals surface area contributed by atoms with Gasteiger partial charge in [0.25, 0.3) is 0 Å². The molecule has 0 amide bonds. The quantitative estimate of drug-likeness (QED) is 0.471. The van der Waals surface area contributed by atoms with Gasteiger partial charge in [-0.1, -0.05) is 52.0 Å². The Morgan fingerprint density at radius 2 is 1.52 bits per heavy atom. The Balaban J connectivity index is 2.01. The zero-order valence-corrected chi connectivity index (χ0v) is 16.6. The van der Waals surface area contributed by atoms with Gasteiger partial charge in [-0.2, -0.15) is 0 Å². The van der Waals surface area contributed by atoms with Gasteiger partial charge in [-0.15, -0.1) is 0 Å². The van der Waals surface area contributed by atoms with E-state index in [4.69, 9.17) is 4.98 Å². The molecule has 2 aromatic heterocycles. The van der Waals surface area contributed by atoms with Gasteiger partial charge < -0.3 is 4.57 Å². The van der Waals surface area contributed by atoms with Gasteiger partial charge in [-0.05, 0) is 35.1 Å². The molecule has 27 heavy (non-hydrogen) atoms. The van der Waals surface area contributed by atoms with Crippen LogP contribution < -0.4 is 0 Å². The molecule has 4 heteroatoms. The SMILES string of the molecule is CC(C)c1cccc(C(C)C)c1-n1ccnc1-c1cccc2c1ncn2C. The number of aromatic nitrogens is 4. The van der Waals surface area contributed by atoms with Gasteiger partial charge in [-0.3, -0.25) is 4.57 Å². The van der Waals surface area contributed by atoms with Crippen LogP contribution >= 0.6 is 0 Å². The molecule has 0 radical (unpaired) electrons. The Hall–Kier alpha value is -2.88. The molecule has 0 saturated carbocycles. The highest BCUT2D eigenvalue weighted by atomic mass is 15.1. The molecule has 4 nitrogen and oxygen atoms in total. The number of para-hydroxylation sites is 2. The lowest BCUT2D eigenvalue weighted by Gasteiger charge is -2.21. The number of nitrogens with zero attached hydrogens (tertiary/aromatic N) is 4. The molecule has 0 bridgehead atoms. The van der Waals surface area contributed by atoms with Gasteiger partial charge >= 0.3 is 0 Å². The van der Waals surface area contributed by atoms with E-state index >= 15 is 0 Å². The molecule has 0 unspecified atom stereocenters. The predicted octanol–water partition coefficient (Wildman–Crippen LogP) is 5.67. The maximum Gasteiger partial charge on any atom is 0.146 e. The lowest BCUT2D eigenvalue weighted by molar-refractivity contribution is 0.807. The van der Waals surface area contributed by atoms with Crippen LogP contribution in [0.4, 0.5) is 0 Å². The summed E-state index contributed by atoms with van der Waals surface area (Å²) in [6.45, 7) is 9.00. The maximum atomic E-state index is 4.74. The summed E-state index contributed by atoms with van der Waals surface area (Å²) in [5, 5.41) is 0. The van der Waals surface area contributed by atoms with Crippen LogP contribution in [-0.4, -0.2) is 19.1 Å². The standard InChI is InChI=1S/C23H26N4/c1-15(2)17-8-6-9-18(16(3)4)22(17)27-13-12-24-23(27)19-10-7-11-20-21(19)25-14-26(20)5/h6-16H,1-5H3. The number of hydrogen-bond acceptors (Lipinski definition) is 2. The lowest BCUT2D eigenvalue weighted by Crippen LogP contribution is -2.08. The summed E-state index contributed by atoms with van der Waals surface area (Å²) in [5.41, 5.74) is 7.10. The molecule has 2 heterocycles. The molecule has 0 aliphatic carbocycles. The van der Waals surface area contributed by atoms with Gasteiger partial charge in [0.1, 0.15) is 5.82 Å². The summed E-state index contributed by atoms with van der Waals surface area (Å²) in [6.07, 6.45) is 5.82. The van der Waals surface area contributed by atoms with Crippen molar-refractivity contribution in [1.82, 2.24) is 19.1 Å². The largest absolute Gasteiger partial charge is 0.334 e. The third-order valence-electron chi connectivity index (χ3n) is 5.22. The molecule has 0 aliphatic rings. The first-order valence-corrected chi connectivity index (χ1v) is 9.56. The molecular formula is C23H26N4. The third-order valence-corrected chi connectivity index (χ3v) is 5.22. The smallest absolute Gasteiger partial charge is 0.146 e. The first-order valence-electron chi connectivity index (χ1n) is 9.56. The van der Waals surface area contributed by atoms with Gasteiger partial charge in [-0.25, -0.2) is 9.97 Å². The average molecular weight is 358 g/mol. The Kier molecular flexibility index (Phi) is 4.34. The minimum Gasteiger partial charge on any atom is -0.334 e. The number of imidazole rings is 2. The van der Waals surface area contributed by atoms with Crippen molar-refractivity contribution in [3.8, 4) is 17.1 Å². The molecule has 0 N–H and O–H groups in total. The fourth-order valence-corrected chi connectivity index (χ4v) is 3.81. The molecule has 2 aromatic carbocycles. The van der Waals surface area contributed by atoms with Crippen molar-refractivity contribution in [2.45, 2.75) is 39.5 Å². The zero-order valence-electron chi connectivity index (χ0n) is 16.6. The van der Waals surface area contributed by atoms with E-state index in [1.165, 1.54) is 16.8 Å². The second-order valence-electron chi connectivity index (χ2n) is 7.74. The van der Waals surface area contributed by atoms with Crippen LogP contribution in [0.2, 0.25) is 0 Å². The summed E-state index contributed by atoms with van der Waals surface area (Å²) >= 11 is 0. The first kappa shape index (κ1) is 17.5. The van der Waals surface area contributed by atoms with Gasteiger partial charge in [0.15, 0.2) is 0 Å². The van der Waals surface area contributed by atoms with Gasteiger partial charge in [0.2, 0.25) is 0 Å². The molecule has 138 valence electrons. The van der Waals surface area contributed by atoms with Crippen molar-refractivity contribution < 1.29 is 0 Å².